The van der Waals surface area contributed by atoms with E-state index in [1.54, 1.807) is 0 Å². The van der Waals surface area contributed by atoms with E-state index < -0.39 is 75.5 Å². The molecule has 312 valence electrons. The molecule has 19 heteroatoms. The number of benzene rings is 4. The van der Waals surface area contributed by atoms with E-state index in [4.69, 9.17) is 16.3 Å². The molecule has 0 aromatic heterocycles. The predicted molar refractivity (Wildman–Crippen MR) is 231 cm³/mol. The Labute approximate surface area is 347 Å². The molecule has 1 N–H and O–H groups in total. The first-order valence-corrected chi connectivity index (χ1v) is 24.5. The lowest BCUT2D eigenvalue weighted by atomic mass is 10.2. The molecule has 0 radical (unpaired) electrons. The molecule has 0 bridgehead atoms. The third kappa shape index (κ3) is 14.6. The number of nitrogens with zero attached hydrogens (tertiary/aromatic N) is 4. The number of hydrogen-bond donors (Lipinski definition) is 1. The van der Waals surface area contributed by atoms with Crippen LogP contribution in [-0.4, -0.2) is 63.6 Å². The third-order valence-corrected chi connectivity index (χ3v) is 16.9. The number of hydrogen-bond acceptors (Lipinski definition) is 12. The molecule has 16 nitrogen and oxygen atoms in total. The molecule has 0 saturated heterocycles. The van der Waals surface area contributed by atoms with Crippen LogP contribution >= 0.6 is 11.6 Å². The molecular weight excluding hydrogens is 820 g/mol. The Balaban J connectivity index is 0.000000336. The first-order chi connectivity index (χ1) is 27.7. The molecule has 0 spiro atoms. The normalized spacial score (nSPS) is 12.3. The molecule has 4 aromatic carbocycles. The molecule has 0 heterocycles. The predicted octanol–water partition coefficient (Wildman–Crippen LogP) is 8.50. The minimum absolute atomic E-state index is 0.198. The van der Waals surface area contributed by atoms with Crippen LogP contribution < -0.4 is 10.4 Å². The lowest BCUT2D eigenvalue weighted by Gasteiger charge is -2.32. The van der Waals surface area contributed by atoms with Gasteiger partial charge in [-0.15, -0.1) is 0 Å². The highest BCUT2D eigenvalue weighted by Gasteiger charge is 2.37. The van der Waals surface area contributed by atoms with Crippen LogP contribution in [0.5, 0.6) is 0 Å². The van der Waals surface area contributed by atoms with E-state index >= 15 is 0 Å². The Morgan fingerprint density at radius 1 is 0.627 bits per heavy atom. The maximum atomic E-state index is 12.8. The van der Waals surface area contributed by atoms with Crippen LogP contribution in [0.2, 0.25) is 26.2 Å². The van der Waals surface area contributed by atoms with Gasteiger partial charge in [0.15, 0.2) is 0 Å². The largest absolute Gasteiger partial charge is 0.462 e. The van der Waals surface area contributed by atoms with Gasteiger partial charge in [-0.05, 0) is 38.3 Å². The standard InChI is InChI=1S/C20H22N2O6Si.C13H20OSi.C7H3ClN2O5/c1-4-5-11-19(29(2,3)18-9-7-6-8-10-18)28-20(23)15-12-16(21(24)25)14-17(13-15)22(26)27;1-4-5-11-13(14)15(2,3)12-9-7-6-8-10-12;8-7(11)4-1-5(9(12)13)3-6(2-4)10(14)15/h4-10,12-14,19H,11H2,1-3H3;4-10,13-14H,11H2,1-3H3;1-3H/b2*5-4-;. The number of ether oxygens (including phenoxy) is 1. The van der Waals surface area contributed by atoms with Gasteiger partial charge in [0, 0.05) is 29.8 Å². The summed E-state index contributed by atoms with van der Waals surface area (Å²) in [6, 6.07) is 25.4. The Kier molecular flexibility index (Phi) is 18.8. The van der Waals surface area contributed by atoms with Crippen LogP contribution in [0.25, 0.3) is 0 Å². The smallest absolute Gasteiger partial charge is 0.338 e. The molecular formula is C40H45ClN4O12Si2. The summed E-state index contributed by atoms with van der Waals surface area (Å²) < 4.78 is 5.75. The van der Waals surface area contributed by atoms with Crippen LogP contribution in [0.1, 0.15) is 47.4 Å². The van der Waals surface area contributed by atoms with Gasteiger partial charge < -0.3 is 9.84 Å². The van der Waals surface area contributed by atoms with Crippen molar-refractivity contribution in [3.8, 4) is 0 Å². The number of aliphatic hydroxyl groups excluding tert-OH is 1. The van der Waals surface area contributed by atoms with E-state index in [1.165, 1.54) is 5.19 Å². The molecule has 2 unspecified atom stereocenters. The Morgan fingerprint density at radius 2 is 0.983 bits per heavy atom. The van der Waals surface area contributed by atoms with E-state index in [9.17, 15) is 55.2 Å². The van der Waals surface area contributed by atoms with Crippen molar-refractivity contribution in [3.05, 3.63) is 173 Å². The molecule has 2 atom stereocenters. The number of rotatable bonds is 15. The first kappa shape index (κ1) is 48.9. The average molecular weight is 865 g/mol. The van der Waals surface area contributed by atoms with Gasteiger partial charge in [0.25, 0.3) is 28.0 Å². The lowest BCUT2D eigenvalue weighted by Crippen LogP contribution is -2.54. The molecule has 0 fully saturated rings. The van der Waals surface area contributed by atoms with Crippen LogP contribution in [0, 0.1) is 40.5 Å². The van der Waals surface area contributed by atoms with Crippen molar-refractivity contribution >= 4 is 72.1 Å². The number of esters is 1. The van der Waals surface area contributed by atoms with Gasteiger partial charge in [-0.25, -0.2) is 4.79 Å². The van der Waals surface area contributed by atoms with Gasteiger partial charge in [-0.3, -0.25) is 45.3 Å². The fraction of sp³-hybridized carbons (Fsp3) is 0.250. The summed E-state index contributed by atoms with van der Waals surface area (Å²) in [7, 11) is -3.99. The molecule has 59 heavy (non-hydrogen) atoms. The van der Waals surface area contributed by atoms with Crippen molar-refractivity contribution in [2.45, 2.75) is 64.3 Å². The number of carbonyl (C=O) groups is 2. The molecule has 0 saturated carbocycles. The van der Waals surface area contributed by atoms with Crippen molar-refractivity contribution < 1.29 is 39.1 Å². The number of non-ortho nitro benzene ring substituents is 4. The SMILES string of the molecule is C/C=C\CC(O)[Si](C)(C)c1ccccc1.C/C=C\CC(OC(=O)c1cc([N+](=O)[O-])cc([N+](=O)[O-])c1)[Si](C)(C)c1ccccc1.O=C(Cl)c1cc([N+](=O)[O-])cc([N+](=O)[O-])c1. The quantitative estimate of drug-likeness (QED) is 0.0296. The highest BCUT2D eigenvalue weighted by atomic mass is 35.5. The number of carbonyl (C=O) groups excluding carboxylic acids is 2. The van der Waals surface area contributed by atoms with Gasteiger partial charge in [-0.1, -0.05) is 122 Å². The Morgan fingerprint density at radius 3 is 1.34 bits per heavy atom. The second-order valence-electron chi connectivity index (χ2n) is 14.0. The summed E-state index contributed by atoms with van der Waals surface area (Å²) >= 11 is 5.07. The van der Waals surface area contributed by atoms with E-state index in [0.29, 0.717) is 6.42 Å². The zero-order chi connectivity index (χ0) is 44.5. The van der Waals surface area contributed by atoms with Gasteiger partial charge in [0.2, 0.25) is 0 Å². The van der Waals surface area contributed by atoms with Crippen LogP contribution in [0.15, 0.2) is 121 Å². The molecule has 0 aliphatic rings. The van der Waals surface area contributed by atoms with Gasteiger partial charge in [-0.2, -0.15) is 0 Å². The maximum absolute atomic E-state index is 12.8. The van der Waals surface area contributed by atoms with Gasteiger partial charge >= 0.3 is 5.97 Å². The molecule has 0 amide bonds. The topological polar surface area (TPSA) is 236 Å². The maximum Gasteiger partial charge on any atom is 0.338 e. The highest BCUT2D eigenvalue weighted by molar-refractivity contribution is 6.91. The molecule has 0 aliphatic carbocycles. The zero-order valence-electron chi connectivity index (χ0n) is 33.2. The molecule has 4 aromatic rings. The number of halogens is 1. The number of allylic oxidation sites excluding steroid dienone is 2. The fourth-order valence-corrected chi connectivity index (χ4v) is 10.3. The minimum atomic E-state index is -2.27. The molecule has 0 aliphatic heterocycles. The van der Waals surface area contributed by atoms with Gasteiger partial charge in [0.1, 0.15) is 16.1 Å². The van der Waals surface area contributed by atoms with E-state index in [-0.39, 0.29) is 16.9 Å². The molecule has 4 rings (SSSR count). The number of nitro groups is 4. The van der Waals surface area contributed by atoms with Crippen molar-refractivity contribution in [2.75, 3.05) is 0 Å². The lowest BCUT2D eigenvalue weighted by molar-refractivity contribution is -0.394. The van der Waals surface area contributed by atoms with Crippen molar-refractivity contribution in [1.29, 1.82) is 0 Å². The van der Waals surface area contributed by atoms with E-state index in [0.717, 1.165) is 48.0 Å². The van der Waals surface area contributed by atoms with E-state index in [1.807, 2.05) is 86.7 Å². The Hall–Kier alpha value is -6.22. The van der Waals surface area contributed by atoms with E-state index in [2.05, 4.69) is 38.3 Å². The Bertz CT molecular complexity index is 2080. The summed E-state index contributed by atoms with van der Waals surface area (Å²) in [6.45, 7) is 12.4. The van der Waals surface area contributed by atoms with Crippen LogP contribution in [-0.2, 0) is 4.74 Å². The summed E-state index contributed by atoms with van der Waals surface area (Å²) in [6.07, 6.45) is 9.04. The number of nitro benzene ring substituents is 4. The van der Waals surface area contributed by atoms with Crippen LogP contribution in [0.4, 0.5) is 22.7 Å². The average Bonchev–Trinajstić information content (AvgIpc) is 3.21. The number of aliphatic hydroxyl groups is 1. The van der Waals surface area contributed by atoms with Crippen molar-refractivity contribution in [2.24, 2.45) is 0 Å². The highest BCUT2D eigenvalue weighted by Crippen LogP contribution is 2.26. The zero-order valence-corrected chi connectivity index (χ0v) is 36.0. The minimum Gasteiger partial charge on any atom is -0.462 e. The van der Waals surface area contributed by atoms with Crippen molar-refractivity contribution in [1.82, 2.24) is 0 Å². The third-order valence-electron chi connectivity index (χ3n) is 9.21. The van der Waals surface area contributed by atoms with Crippen LogP contribution in [0.3, 0.4) is 0 Å². The summed E-state index contributed by atoms with van der Waals surface area (Å²) in [5.74, 6) is -0.817. The first-order valence-electron chi connectivity index (χ1n) is 18.0. The fourth-order valence-electron chi connectivity index (χ4n) is 5.46. The monoisotopic (exact) mass is 864 g/mol. The van der Waals surface area contributed by atoms with Gasteiger partial charge in [0.05, 0.1) is 48.8 Å². The summed E-state index contributed by atoms with van der Waals surface area (Å²) in [4.78, 5) is 63.2. The second-order valence-corrected chi connectivity index (χ2v) is 23.7. The summed E-state index contributed by atoms with van der Waals surface area (Å²) in [5, 5.41) is 54.5. The van der Waals surface area contributed by atoms with Crippen molar-refractivity contribution in [3.63, 3.8) is 0 Å². The summed E-state index contributed by atoms with van der Waals surface area (Å²) in [5.41, 5.74) is -3.30. The second kappa shape index (κ2) is 22.7.